The van der Waals surface area contributed by atoms with Crippen LogP contribution in [0.2, 0.25) is 0 Å². The molecule has 0 aliphatic carbocycles. The Morgan fingerprint density at radius 2 is 1.95 bits per heavy atom. The maximum Gasteiger partial charge on any atom is 0.130 e. The van der Waals surface area contributed by atoms with E-state index in [0.29, 0.717) is 5.56 Å². The average Bonchev–Trinajstić information content (AvgIpc) is 2.80. The van der Waals surface area contributed by atoms with Gasteiger partial charge in [0.2, 0.25) is 0 Å². The molecule has 2 N–H and O–H groups in total. The van der Waals surface area contributed by atoms with Crippen LogP contribution in [0.25, 0.3) is 10.9 Å². The van der Waals surface area contributed by atoms with Crippen molar-refractivity contribution in [2.75, 3.05) is 0 Å². The molecule has 102 valence electrons. The maximum absolute atomic E-state index is 13.8. The summed E-state index contributed by atoms with van der Waals surface area (Å²) in [5.41, 5.74) is 1.39. The lowest BCUT2D eigenvalue weighted by atomic mass is 10.1. The highest BCUT2D eigenvalue weighted by Crippen LogP contribution is 2.35. The summed E-state index contributed by atoms with van der Waals surface area (Å²) < 4.78 is 13.8. The van der Waals surface area contributed by atoms with E-state index < -0.39 is 6.10 Å². The van der Waals surface area contributed by atoms with Crippen LogP contribution in [-0.4, -0.2) is 10.1 Å². The van der Waals surface area contributed by atoms with E-state index in [1.807, 2.05) is 36.4 Å². The minimum absolute atomic E-state index is 0.344. The summed E-state index contributed by atoms with van der Waals surface area (Å²) >= 11 is 1.43. The lowest BCUT2D eigenvalue weighted by molar-refractivity contribution is 0.191. The van der Waals surface area contributed by atoms with Gasteiger partial charge in [0.25, 0.3) is 0 Å². The Bertz CT molecular complexity index is 718. The zero-order chi connectivity index (χ0) is 14.1. The summed E-state index contributed by atoms with van der Waals surface area (Å²) in [6.45, 7) is 1.58. The van der Waals surface area contributed by atoms with Gasteiger partial charge in [0.1, 0.15) is 5.82 Å². The minimum Gasteiger partial charge on any atom is -0.389 e. The number of aromatic nitrogens is 1. The quantitative estimate of drug-likeness (QED) is 0.743. The molecule has 0 aliphatic heterocycles. The Labute approximate surface area is 120 Å². The number of aromatic amines is 1. The lowest BCUT2D eigenvalue weighted by Crippen LogP contribution is -1.98. The normalized spacial score (nSPS) is 12.8. The zero-order valence-corrected chi connectivity index (χ0v) is 11.7. The SMILES string of the molecule is CC(O)c1c(F)cccc1Sc1cc2ccccc2[nH]1. The molecular weight excluding hydrogens is 273 g/mol. The first-order valence-electron chi connectivity index (χ1n) is 6.37. The topological polar surface area (TPSA) is 36.0 Å². The molecule has 20 heavy (non-hydrogen) atoms. The molecule has 0 saturated carbocycles. The van der Waals surface area contributed by atoms with Crippen molar-refractivity contribution in [3.8, 4) is 0 Å². The molecular formula is C16H14FNOS. The molecule has 0 amide bonds. The van der Waals surface area contributed by atoms with Crippen LogP contribution < -0.4 is 0 Å². The fraction of sp³-hybridized carbons (Fsp3) is 0.125. The first-order chi connectivity index (χ1) is 9.65. The molecule has 3 rings (SSSR count). The van der Waals surface area contributed by atoms with Gasteiger partial charge in [0.05, 0.1) is 11.1 Å². The Morgan fingerprint density at radius 1 is 1.15 bits per heavy atom. The Kier molecular flexibility index (Phi) is 3.51. The largest absolute Gasteiger partial charge is 0.389 e. The van der Waals surface area contributed by atoms with Gasteiger partial charge in [-0.15, -0.1) is 0 Å². The highest BCUT2D eigenvalue weighted by atomic mass is 32.2. The summed E-state index contributed by atoms with van der Waals surface area (Å²) in [5, 5.41) is 11.8. The van der Waals surface area contributed by atoms with Crippen molar-refractivity contribution in [3.63, 3.8) is 0 Å². The van der Waals surface area contributed by atoms with Crippen molar-refractivity contribution >= 4 is 22.7 Å². The number of aliphatic hydroxyl groups excluding tert-OH is 1. The van der Waals surface area contributed by atoms with Gasteiger partial charge in [-0.1, -0.05) is 36.0 Å². The first kappa shape index (κ1) is 13.2. The fourth-order valence-electron chi connectivity index (χ4n) is 2.23. The summed E-state index contributed by atoms with van der Waals surface area (Å²) in [6.07, 6.45) is -0.830. The monoisotopic (exact) mass is 287 g/mol. The van der Waals surface area contributed by atoms with Gasteiger partial charge in [0, 0.05) is 21.4 Å². The smallest absolute Gasteiger partial charge is 0.130 e. The summed E-state index contributed by atoms with van der Waals surface area (Å²) in [4.78, 5) is 4.02. The number of fused-ring (bicyclic) bond motifs is 1. The highest BCUT2D eigenvalue weighted by molar-refractivity contribution is 7.99. The highest BCUT2D eigenvalue weighted by Gasteiger charge is 2.15. The van der Waals surface area contributed by atoms with Crippen LogP contribution in [0.3, 0.4) is 0 Å². The molecule has 0 saturated heterocycles. The molecule has 1 heterocycles. The number of hydrogen-bond donors (Lipinski definition) is 2. The van der Waals surface area contributed by atoms with Crippen molar-refractivity contribution in [1.82, 2.24) is 4.98 Å². The van der Waals surface area contributed by atoms with Crippen molar-refractivity contribution in [2.24, 2.45) is 0 Å². The summed E-state index contributed by atoms with van der Waals surface area (Å²) in [5.74, 6) is -0.374. The third-order valence-corrected chi connectivity index (χ3v) is 4.17. The fourth-order valence-corrected chi connectivity index (χ4v) is 3.34. The second-order valence-electron chi connectivity index (χ2n) is 4.65. The van der Waals surface area contributed by atoms with Crippen LogP contribution >= 0.6 is 11.8 Å². The number of hydrogen-bond acceptors (Lipinski definition) is 2. The third kappa shape index (κ3) is 2.44. The molecule has 0 bridgehead atoms. The predicted molar refractivity (Wildman–Crippen MR) is 79.5 cm³/mol. The summed E-state index contributed by atoms with van der Waals surface area (Å²) in [6, 6.07) is 14.9. The van der Waals surface area contributed by atoms with Gasteiger partial charge in [0.15, 0.2) is 0 Å². The van der Waals surface area contributed by atoms with Crippen molar-refractivity contribution in [3.05, 3.63) is 59.9 Å². The second kappa shape index (κ2) is 5.31. The number of H-pyrrole nitrogens is 1. The van der Waals surface area contributed by atoms with Gasteiger partial charge >= 0.3 is 0 Å². The zero-order valence-electron chi connectivity index (χ0n) is 10.9. The van der Waals surface area contributed by atoms with Crippen LogP contribution in [0.4, 0.5) is 4.39 Å². The molecule has 0 radical (unpaired) electrons. The van der Waals surface area contributed by atoms with Crippen molar-refractivity contribution in [2.45, 2.75) is 22.9 Å². The average molecular weight is 287 g/mol. The van der Waals surface area contributed by atoms with E-state index in [1.165, 1.54) is 17.8 Å². The lowest BCUT2D eigenvalue weighted by Gasteiger charge is -2.11. The van der Waals surface area contributed by atoms with Crippen molar-refractivity contribution < 1.29 is 9.50 Å². The third-order valence-electron chi connectivity index (χ3n) is 3.16. The molecule has 4 heteroatoms. The van der Waals surface area contributed by atoms with E-state index in [9.17, 15) is 9.50 Å². The standard InChI is InChI=1S/C16H14FNOS/c1-10(19)16-12(17)6-4-8-14(16)20-15-9-11-5-2-3-7-13(11)18-15/h2-10,18-19H,1H3. The molecule has 2 nitrogen and oxygen atoms in total. The van der Waals surface area contributed by atoms with Gasteiger partial charge in [-0.3, -0.25) is 0 Å². The van der Waals surface area contributed by atoms with E-state index in [-0.39, 0.29) is 5.82 Å². The number of aliphatic hydroxyl groups is 1. The number of rotatable bonds is 3. The summed E-state index contributed by atoms with van der Waals surface area (Å²) in [7, 11) is 0. The Balaban J connectivity index is 2.00. The van der Waals surface area contributed by atoms with Crippen LogP contribution in [0.15, 0.2) is 58.5 Å². The second-order valence-corrected chi connectivity index (χ2v) is 5.73. The molecule has 3 aromatic rings. The van der Waals surface area contributed by atoms with E-state index in [0.717, 1.165) is 20.8 Å². The molecule has 2 aromatic carbocycles. The van der Waals surface area contributed by atoms with Crippen LogP contribution in [-0.2, 0) is 0 Å². The number of halogens is 1. The number of benzene rings is 2. The molecule has 1 unspecified atom stereocenters. The number of para-hydroxylation sites is 1. The van der Waals surface area contributed by atoms with E-state index in [1.54, 1.807) is 13.0 Å². The molecule has 1 atom stereocenters. The number of nitrogens with one attached hydrogen (secondary N) is 1. The molecule has 0 aliphatic rings. The van der Waals surface area contributed by atoms with Gasteiger partial charge in [-0.2, -0.15) is 0 Å². The molecule has 0 spiro atoms. The predicted octanol–water partition coefficient (Wildman–Crippen LogP) is 4.51. The molecule has 0 fully saturated rings. The van der Waals surface area contributed by atoms with Crippen LogP contribution in [0, 0.1) is 5.82 Å². The van der Waals surface area contributed by atoms with E-state index >= 15 is 0 Å². The van der Waals surface area contributed by atoms with E-state index in [4.69, 9.17) is 0 Å². The maximum atomic E-state index is 13.8. The van der Waals surface area contributed by atoms with Gasteiger partial charge in [-0.25, -0.2) is 4.39 Å². The minimum atomic E-state index is -0.830. The van der Waals surface area contributed by atoms with E-state index in [2.05, 4.69) is 4.98 Å². The van der Waals surface area contributed by atoms with Gasteiger partial charge < -0.3 is 10.1 Å². The van der Waals surface area contributed by atoms with Gasteiger partial charge in [-0.05, 0) is 31.2 Å². The molecule has 1 aromatic heterocycles. The van der Waals surface area contributed by atoms with Crippen molar-refractivity contribution in [1.29, 1.82) is 0 Å². The Morgan fingerprint density at radius 3 is 2.70 bits per heavy atom. The first-order valence-corrected chi connectivity index (χ1v) is 7.19. The van der Waals surface area contributed by atoms with Crippen LogP contribution in [0.5, 0.6) is 0 Å². The Hall–Kier alpha value is -1.78. The van der Waals surface area contributed by atoms with Crippen LogP contribution in [0.1, 0.15) is 18.6 Å².